The maximum Gasteiger partial charge on any atom is 0.281 e. The van der Waals surface area contributed by atoms with Crippen LogP contribution < -0.4 is 0 Å². The number of hydrogen-bond acceptors (Lipinski definition) is 2. The molecule has 0 N–H and O–H groups in total. The van der Waals surface area contributed by atoms with Gasteiger partial charge in [-0.1, -0.05) is 13.3 Å². The predicted octanol–water partition coefficient (Wildman–Crippen LogP) is 2.30. The van der Waals surface area contributed by atoms with Crippen LogP contribution >= 0.6 is 11.6 Å². The van der Waals surface area contributed by atoms with Crippen molar-refractivity contribution in [3.63, 3.8) is 0 Å². The van der Waals surface area contributed by atoms with E-state index in [9.17, 15) is 8.42 Å². The van der Waals surface area contributed by atoms with E-state index in [2.05, 4.69) is 6.92 Å². The van der Waals surface area contributed by atoms with E-state index in [-0.39, 0.29) is 0 Å². The molecule has 2 aliphatic heterocycles. The molecule has 0 aliphatic carbocycles. The summed E-state index contributed by atoms with van der Waals surface area (Å²) in [6.07, 6.45) is 5.27. The molecule has 0 bridgehead atoms. The fourth-order valence-corrected chi connectivity index (χ4v) is 5.25. The Morgan fingerprint density at radius 2 is 1.79 bits per heavy atom. The lowest BCUT2D eigenvalue weighted by molar-refractivity contribution is 0.264. The highest BCUT2D eigenvalue weighted by molar-refractivity contribution is 7.86. The van der Waals surface area contributed by atoms with Crippen molar-refractivity contribution in [2.75, 3.05) is 32.1 Å². The van der Waals surface area contributed by atoms with Crippen LogP contribution in [0.2, 0.25) is 0 Å². The Bertz CT molecular complexity index is 388. The fourth-order valence-electron chi connectivity index (χ4n) is 3.18. The van der Waals surface area contributed by atoms with E-state index in [0.29, 0.717) is 43.9 Å². The molecule has 0 spiro atoms. The summed E-state index contributed by atoms with van der Waals surface area (Å²) in [5.41, 5.74) is 0. The van der Waals surface area contributed by atoms with Crippen LogP contribution in [0.25, 0.3) is 0 Å². The summed E-state index contributed by atoms with van der Waals surface area (Å²) >= 11 is 5.88. The van der Waals surface area contributed by atoms with E-state index in [4.69, 9.17) is 11.6 Å². The molecule has 0 aromatic rings. The summed E-state index contributed by atoms with van der Waals surface area (Å²) in [5.74, 6) is 1.43. The molecule has 2 unspecified atom stereocenters. The molecule has 2 heterocycles. The molecule has 0 radical (unpaired) electrons. The lowest BCUT2D eigenvalue weighted by Crippen LogP contribution is -2.47. The van der Waals surface area contributed by atoms with Gasteiger partial charge >= 0.3 is 0 Å². The first-order valence-corrected chi connectivity index (χ1v) is 9.32. The van der Waals surface area contributed by atoms with Crippen molar-refractivity contribution >= 4 is 21.8 Å². The third-order valence-corrected chi connectivity index (χ3v) is 6.70. The van der Waals surface area contributed by atoms with Crippen molar-refractivity contribution in [3.05, 3.63) is 0 Å². The molecule has 0 saturated carbocycles. The Kier molecular flexibility index (Phi) is 5.52. The molecule has 2 saturated heterocycles. The van der Waals surface area contributed by atoms with E-state index in [1.807, 2.05) is 0 Å². The van der Waals surface area contributed by atoms with Crippen molar-refractivity contribution in [1.29, 1.82) is 0 Å². The van der Waals surface area contributed by atoms with Crippen molar-refractivity contribution in [2.24, 2.45) is 11.8 Å². The minimum Gasteiger partial charge on any atom is -0.195 e. The lowest BCUT2D eigenvalue weighted by Gasteiger charge is -2.33. The molecule has 4 nitrogen and oxygen atoms in total. The summed E-state index contributed by atoms with van der Waals surface area (Å²) in [7, 11) is -3.25. The van der Waals surface area contributed by atoms with Crippen LogP contribution in [0.15, 0.2) is 0 Å². The third kappa shape index (κ3) is 3.63. The highest BCUT2D eigenvalue weighted by Gasteiger charge is 2.37. The molecular weight excluding hydrogens is 284 g/mol. The molecule has 19 heavy (non-hydrogen) atoms. The van der Waals surface area contributed by atoms with E-state index >= 15 is 0 Å². The Hall–Kier alpha value is 0.160. The number of halogens is 1. The van der Waals surface area contributed by atoms with Gasteiger partial charge in [0.05, 0.1) is 0 Å². The molecule has 2 fully saturated rings. The number of hydrogen-bond donors (Lipinski definition) is 0. The van der Waals surface area contributed by atoms with Gasteiger partial charge in [-0.15, -0.1) is 11.6 Å². The highest BCUT2D eigenvalue weighted by Crippen LogP contribution is 2.27. The summed E-state index contributed by atoms with van der Waals surface area (Å²) in [4.78, 5) is 0. The molecule has 6 heteroatoms. The van der Waals surface area contributed by atoms with E-state index in [1.165, 1.54) is 0 Å². The first kappa shape index (κ1) is 15.5. The summed E-state index contributed by atoms with van der Waals surface area (Å²) < 4.78 is 28.6. The van der Waals surface area contributed by atoms with Crippen LogP contribution in [0.4, 0.5) is 0 Å². The van der Waals surface area contributed by atoms with Gasteiger partial charge in [0.15, 0.2) is 0 Å². The minimum absolute atomic E-state index is 0.319. The van der Waals surface area contributed by atoms with Crippen LogP contribution in [0.3, 0.4) is 0 Å². The second kappa shape index (κ2) is 6.74. The topological polar surface area (TPSA) is 40.6 Å². The van der Waals surface area contributed by atoms with Gasteiger partial charge in [-0.25, -0.2) is 0 Å². The van der Waals surface area contributed by atoms with Crippen LogP contribution in [0, 0.1) is 11.8 Å². The van der Waals surface area contributed by atoms with Gasteiger partial charge in [0.1, 0.15) is 0 Å². The lowest BCUT2D eigenvalue weighted by atomic mass is 10.0. The molecule has 0 aromatic carbocycles. The summed E-state index contributed by atoms with van der Waals surface area (Å²) in [6, 6.07) is 0. The average molecular weight is 309 g/mol. The monoisotopic (exact) mass is 308 g/mol. The zero-order chi connectivity index (χ0) is 13.9. The van der Waals surface area contributed by atoms with Gasteiger partial charge in [0.2, 0.25) is 0 Å². The smallest absolute Gasteiger partial charge is 0.195 e. The standard InChI is InChI=1S/C13H25ClN2O2S/c1-2-4-12-6-8-16(10-12)19(17,18)15-7-3-5-13(9-14)11-15/h12-13H,2-11H2,1H3. The predicted molar refractivity (Wildman–Crippen MR) is 78.5 cm³/mol. The van der Waals surface area contributed by atoms with E-state index in [0.717, 1.165) is 32.1 Å². The van der Waals surface area contributed by atoms with Gasteiger partial charge in [-0.3, -0.25) is 0 Å². The van der Waals surface area contributed by atoms with E-state index in [1.54, 1.807) is 8.61 Å². The van der Waals surface area contributed by atoms with Crippen LogP contribution in [0.1, 0.15) is 39.0 Å². The largest absolute Gasteiger partial charge is 0.281 e. The average Bonchev–Trinajstić information content (AvgIpc) is 2.88. The van der Waals surface area contributed by atoms with Crippen molar-refractivity contribution in [1.82, 2.24) is 8.61 Å². The van der Waals surface area contributed by atoms with Crippen LogP contribution in [0.5, 0.6) is 0 Å². The van der Waals surface area contributed by atoms with E-state index < -0.39 is 10.2 Å². The minimum atomic E-state index is -3.25. The summed E-state index contributed by atoms with van der Waals surface area (Å²) in [6.45, 7) is 4.81. The SMILES string of the molecule is CCCC1CCN(S(=O)(=O)N2CCCC(CCl)C2)C1. The fraction of sp³-hybridized carbons (Fsp3) is 1.00. The van der Waals surface area contributed by atoms with Crippen molar-refractivity contribution in [2.45, 2.75) is 39.0 Å². The van der Waals surface area contributed by atoms with Crippen molar-refractivity contribution < 1.29 is 8.42 Å². The highest BCUT2D eigenvalue weighted by atomic mass is 35.5. The second-order valence-corrected chi connectivity index (χ2v) is 8.07. The zero-order valence-electron chi connectivity index (χ0n) is 11.7. The van der Waals surface area contributed by atoms with Crippen LogP contribution in [-0.2, 0) is 10.2 Å². The first-order chi connectivity index (χ1) is 9.07. The number of nitrogens with zero attached hydrogens (tertiary/aromatic N) is 2. The first-order valence-electron chi connectivity index (χ1n) is 7.39. The second-order valence-electron chi connectivity index (χ2n) is 5.83. The Balaban J connectivity index is 1.98. The maximum atomic E-state index is 12.6. The molecule has 2 aliphatic rings. The van der Waals surface area contributed by atoms with Gasteiger partial charge in [-0.2, -0.15) is 17.0 Å². The number of piperidine rings is 1. The third-order valence-electron chi connectivity index (χ3n) is 4.30. The molecule has 0 aromatic heterocycles. The van der Waals surface area contributed by atoms with Crippen LogP contribution in [-0.4, -0.2) is 49.1 Å². The zero-order valence-corrected chi connectivity index (χ0v) is 13.3. The number of alkyl halides is 1. The summed E-state index contributed by atoms with van der Waals surface area (Å²) in [5, 5.41) is 0. The molecule has 2 atom stereocenters. The van der Waals surface area contributed by atoms with Gasteiger partial charge in [-0.05, 0) is 37.5 Å². The quantitative estimate of drug-likeness (QED) is 0.731. The molecule has 2 rings (SSSR count). The Labute approximate surface area is 122 Å². The van der Waals surface area contributed by atoms with Gasteiger partial charge < -0.3 is 0 Å². The number of rotatable bonds is 5. The molecule has 0 amide bonds. The van der Waals surface area contributed by atoms with Gasteiger partial charge in [0, 0.05) is 32.1 Å². The van der Waals surface area contributed by atoms with Crippen molar-refractivity contribution in [3.8, 4) is 0 Å². The normalized spacial score (nSPS) is 30.8. The van der Waals surface area contributed by atoms with Gasteiger partial charge in [0.25, 0.3) is 10.2 Å². The molecular formula is C13H25ClN2O2S. The molecule has 112 valence electrons. The Morgan fingerprint density at radius 3 is 2.47 bits per heavy atom. The maximum absolute atomic E-state index is 12.6. The Morgan fingerprint density at radius 1 is 1.11 bits per heavy atom.